The minimum absolute atomic E-state index is 0.190. The Labute approximate surface area is 117 Å². The highest BCUT2D eigenvalue weighted by molar-refractivity contribution is 7.16. The Morgan fingerprint density at radius 3 is 2.72 bits per heavy atom. The van der Waals surface area contributed by atoms with Crippen LogP contribution in [0.25, 0.3) is 0 Å². The number of hydrogen-bond acceptors (Lipinski definition) is 3. The minimum Gasteiger partial charge on any atom is -0.306 e. The summed E-state index contributed by atoms with van der Waals surface area (Å²) in [6.07, 6.45) is 3.05. The van der Waals surface area contributed by atoms with Gasteiger partial charge in [-0.3, -0.25) is 4.98 Å². The Kier molecular flexibility index (Phi) is 4.75. The Morgan fingerprint density at radius 2 is 2.17 bits per heavy atom. The van der Waals surface area contributed by atoms with Crippen molar-refractivity contribution >= 4 is 22.9 Å². The fourth-order valence-electron chi connectivity index (χ4n) is 1.80. The maximum absolute atomic E-state index is 6.03. The van der Waals surface area contributed by atoms with Gasteiger partial charge in [0.1, 0.15) is 0 Å². The SMILES string of the molecule is CCCNC(c1ccc(C)nc1)c1ccc(Cl)s1. The Morgan fingerprint density at radius 1 is 1.33 bits per heavy atom. The number of rotatable bonds is 5. The number of aryl methyl sites for hydroxylation is 1. The summed E-state index contributed by atoms with van der Waals surface area (Å²) < 4.78 is 0.827. The van der Waals surface area contributed by atoms with Crippen LogP contribution in [-0.2, 0) is 0 Å². The number of pyridine rings is 1. The molecule has 0 saturated carbocycles. The first kappa shape index (κ1) is 13.5. The lowest BCUT2D eigenvalue weighted by atomic mass is 10.1. The van der Waals surface area contributed by atoms with E-state index in [0.717, 1.165) is 23.0 Å². The topological polar surface area (TPSA) is 24.9 Å². The smallest absolute Gasteiger partial charge is 0.0931 e. The summed E-state index contributed by atoms with van der Waals surface area (Å²) >= 11 is 7.65. The summed E-state index contributed by atoms with van der Waals surface area (Å²) in [7, 11) is 0. The van der Waals surface area contributed by atoms with Crippen molar-refractivity contribution < 1.29 is 0 Å². The molecule has 0 fully saturated rings. The van der Waals surface area contributed by atoms with Gasteiger partial charge in [0, 0.05) is 16.8 Å². The van der Waals surface area contributed by atoms with Crippen molar-refractivity contribution in [3.8, 4) is 0 Å². The second-order valence-corrected chi connectivity index (χ2v) is 6.01. The molecule has 1 unspecified atom stereocenters. The van der Waals surface area contributed by atoms with E-state index in [0.29, 0.717) is 0 Å². The van der Waals surface area contributed by atoms with Crippen LogP contribution in [0.15, 0.2) is 30.5 Å². The highest BCUT2D eigenvalue weighted by Crippen LogP contribution is 2.30. The molecule has 2 aromatic rings. The van der Waals surface area contributed by atoms with Gasteiger partial charge < -0.3 is 5.32 Å². The standard InChI is InChI=1S/C14H17ClN2S/c1-3-8-16-14(12-6-7-13(15)18-12)11-5-4-10(2)17-9-11/h4-7,9,14,16H,3,8H2,1-2H3. The minimum atomic E-state index is 0.190. The second-order valence-electron chi connectivity index (χ2n) is 4.26. The molecule has 0 saturated heterocycles. The van der Waals surface area contributed by atoms with Gasteiger partial charge in [0.25, 0.3) is 0 Å². The Bertz CT molecular complexity index is 493. The van der Waals surface area contributed by atoms with Crippen molar-refractivity contribution in [2.75, 3.05) is 6.54 Å². The van der Waals surface area contributed by atoms with Crippen LogP contribution in [0, 0.1) is 6.92 Å². The Hall–Kier alpha value is -0.900. The van der Waals surface area contributed by atoms with Gasteiger partial charge in [-0.15, -0.1) is 11.3 Å². The molecule has 2 aromatic heterocycles. The van der Waals surface area contributed by atoms with Crippen LogP contribution >= 0.6 is 22.9 Å². The van der Waals surface area contributed by atoms with Crippen molar-refractivity contribution in [1.29, 1.82) is 0 Å². The van der Waals surface area contributed by atoms with Crippen molar-refractivity contribution in [3.63, 3.8) is 0 Å². The monoisotopic (exact) mass is 280 g/mol. The van der Waals surface area contributed by atoms with Crippen molar-refractivity contribution in [3.05, 3.63) is 50.9 Å². The average molecular weight is 281 g/mol. The number of nitrogens with zero attached hydrogens (tertiary/aromatic N) is 1. The molecule has 2 nitrogen and oxygen atoms in total. The average Bonchev–Trinajstić information content (AvgIpc) is 2.78. The molecule has 0 aromatic carbocycles. The first-order valence-electron chi connectivity index (χ1n) is 6.12. The molecule has 18 heavy (non-hydrogen) atoms. The van der Waals surface area contributed by atoms with Crippen LogP contribution in [0.1, 0.15) is 35.5 Å². The molecule has 1 N–H and O–H groups in total. The predicted molar refractivity (Wildman–Crippen MR) is 78.4 cm³/mol. The zero-order valence-corrected chi connectivity index (χ0v) is 12.2. The molecule has 0 bridgehead atoms. The first-order valence-corrected chi connectivity index (χ1v) is 7.31. The van der Waals surface area contributed by atoms with E-state index in [2.05, 4.69) is 29.4 Å². The van der Waals surface area contributed by atoms with Gasteiger partial charge in [-0.1, -0.05) is 24.6 Å². The van der Waals surface area contributed by atoms with Crippen LogP contribution in [0.3, 0.4) is 0 Å². The molecule has 0 amide bonds. The predicted octanol–water partition coefficient (Wildman–Crippen LogP) is 4.19. The zero-order valence-electron chi connectivity index (χ0n) is 10.6. The van der Waals surface area contributed by atoms with Crippen LogP contribution < -0.4 is 5.32 Å². The largest absolute Gasteiger partial charge is 0.306 e. The third-order valence-corrected chi connectivity index (χ3v) is 4.04. The molecule has 2 heterocycles. The molecule has 96 valence electrons. The number of nitrogens with one attached hydrogen (secondary N) is 1. The van der Waals surface area contributed by atoms with Crippen LogP contribution in [0.2, 0.25) is 4.34 Å². The fourth-order valence-corrected chi connectivity index (χ4v) is 2.97. The van der Waals surface area contributed by atoms with Crippen molar-refractivity contribution in [2.24, 2.45) is 0 Å². The van der Waals surface area contributed by atoms with E-state index >= 15 is 0 Å². The zero-order chi connectivity index (χ0) is 13.0. The van der Waals surface area contributed by atoms with E-state index in [-0.39, 0.29) is 6.04 Å². The molecule has 0 spiro atoms. The van der Waals surface area contributed by atoms with E-state index in [9.17, 15) is 0 Å². The van der Waals surface area contributed by atoms with E-state index in [1.165, 1.54) is 10.4 Å². The Balaban J connectivity index is 2.27. The molecular weight excluding hydrogens is 264 g/mol. The molecule has 1 atom stereocenters. The van der Waals surface area contributed by atoms with E-state index in [1.807, 2.05) is 25.3 Å². The lowest BCUT2D eigenvalue weighted by molar-refractivity contribution is 0.604. The molecule has 2 rings (SSSR count). The summed E-state index contributed by atoms with van der Waals surface area (Å²) in [5, 5.41) is 3.55. The van der Waals surface area contributed by atoms with Crippen molar-refractivity contribution in [1.82, 2.24) is 10.3 Å². The van der Waals surface area contributed by atoms with Gasteiger partial charge >= 0.3 is 0 Å². The van der Waals surface area contributed by atoms with Crippen molar-refractivity contribution in [2.45, 2.75) is 26.3 Å². The van der Waals surface area contributed by atoms with Gasteiger partial charge in [-0.2, -0.15) is 0 Å². The molecule has 0 aliphatic heterocycles. The molecule has 0 aliphatic rings. The highest BCUT2D eigenvalue weighted by atomic mass is 35.5. The fraction of sp³-hybridized carbons (Fsp3) is 0.357. The molecule has 4 heteroatoms. The highest BCUT2D eigenvalue weighted by Gasteiger charge is 2.15. The van der Waals surface area contributed by atoms with E-state index in [1.54, 1.807) is 11.3 Å². The van der Waals surface area contributed by atoms with Crippen LogP contribution in [-0.4, -0.2) is 11.5 Å². The van der Waals surface area contributed by atoms with Gasteiger partial charge in [-0.05, 0) is 43.7 Å². The van der Waals surface area contributed by atoms with E-state index in [4.69, 9.17) is 11.6 Å². The molecular formula is C14H17ClN2S. The third kappa shape index (κ3) is 3.31. The van der Waals surface area contributed by atoms with Crippen LogP contribution in [0.4, 0.5) is 0 Å². The lowest BCUT2D eigenvalue weighted by Gasteiger charge is -2.17. The maximum Gasteiger partial charge on any atom is 0.0931 e. The summed E-state index contributed by atoms with van der Waals surface area (Å²) in [5.41, 5.74) is 2.23. The van der Waals surface area contributed by atoms with Gasteiger partial charge in [0.2, 0.25) is 0 Å². The molecule has 0 radical (unpaired) electrons. The summed E-state index contributed by atoms with van der Waals surface area (Å²) in [6.45, 7) is 5.15. The van der Waals surface area contributed by atoms with Gasteiger partial charge in [-0.25, -0.2) is 0 Å². The summed E-state index contributed by atoms with van der Waals surface area (Å²) in [5.74, 6) is 0. The summed E-state index contributed by atoms with van der Waals surface area (Å²) in [6, 6.07) is 8.40. The third-order valence-electron chi connectivity index (χ3n) is 2.74. The van der Waals surface area contributed by atoms with Gasteiger partial charge in [0.05, 0.1) is 10.4 Å². The lowest BCUT2D eigenvalue weighted by Crippen LogP contribution is -2.22. The second kappa shape index (κ2) is 6.32. The normalized spacial score (nSPS) is 12.6. The summed E-state index contributed by atoms with van der Waals surface area (Å²) in [4.78, 5) is 5.61. The van der Waals surface area contributed by atoms with Gasteiger partial charge in [0.15, 0.2) is 0 Å². The number of halogens is 1. The van der Waals surface area contributed by atoms with Crippen LogP contribution in [0.5, 0.6) is 0 Å². The number of hydrogen-bond donors (Lipinski definition) is 1. The maximum atomic E-state index is 6.03. The number of thiophene rings is 1. The quantitative estimate of drug-likeness (QED) is 0.888. The van der Waals surface area contributed by atoms with E-state index < -0.39 is 0 Å². The molecule has 0 aliphatic carbocycles. The number of aromatic nitrogens is 1. The first-order chi connectivity index (χ1) is 8.70.